The number of hydrogen-bond donors (Lipinski definition) is 2. The smallest absolute Gasteiger partial charge is 0.245 e. The van der Waals surface area contributed by atoms with Crippen LogP contribution in [0.5, 0.6) is 0 Å². The minimum Gasteiger partial charge on any atom is -0.373 e. The topological polar surface area (TPSA) is 75.4 Å². The molecule has 0 aromatic heterocycles. The molecule has 0 bridgehead atoms. The highest BCUT2D eigenvalue weighted by Crippen LogP contribution is 2.27. The first-order valence-corrected chi connectivity index (χ1v) is 7.55. The summed E-state index contributed by atoms with van der Waals surface area (Å²) in [5, 5.41) is 3.31. The largest absolute Gasteiger partial charge is 0.373 e. The number of anilines is 1. The van der Waals surface area contributed by atoms with E-state index in [0.29, 0.717) is 12.3 Å². The van der Waals surface area contributed by atoms with Gasteiger partial charge >= 0.3 is 0 Å². The Labute approximate surface area is 124 Å². The van der Waals surface area contributed by atoms with E-state index < -0.39 is 0 Å². The molecule has 1 fully saturated rings. The minimum absolute atomic E-state index is 0.143. The van der Waals surface area contributed by atoms with Crippen molar-refractivity contribution in [2.45, 2.75) is 31.7 Å². The van der Waals surface area contributed by atoms with Crippen LogP contribution in [0.15, 0.2) is 24.3 Å². The Morgan fingerprint density at radius 1 is 1.24 bits per heavy atom. The van der Waals surface area contributed by atoms with Gasteiger partial charge in [0.25, 0.3) is 0 Å². The second-order valence-corrected chi connectivity index (χ2v) is 6.00. The number of carbonyl (C=O) groups is 2. The normalized spacial score (nSPS) is 21.7. The van der Waals surface area contributed by atoms with Crippen LogP contribution >= 0.6 is 0 Å². The van der Waals surface area contributed by atoms with Crippen LogP contribution in [-0.2, 0) is 16.0 Å². The van der Waals surface area contributed by atoms with Gasteiger partial charge < -0.3 is 16.0 Å². The molecule has 112 valence electrons. The Kier molecular flexibility index (Phi) is 3.82. The summed E-state index contributed by atoms with van der Waals surface area (Å²) < 4.78 is 0. The Bertz CT molecular complexity index is 525. The monoisotopic (exact) mass is 287 g/mol. The lowest BCUT2D eigenvalue weighted by Gasteiger charge is -2.33. The first-order chi connectivity index (χ1) is 10.1. The van der Waals surface area contributed by atoms with Crippen LogP contribution in [0.3, 0.4) is 0 Å². The molecule has 1 saturated heterocycles. The molecule has 0 radical (unpaired) electrons. The van der Waals surface area contributed by atoms with Crippen LogP contribution in [0, 0.1) is 5.92 Å². The molecule has 2 aliphatic rings. The number of carbonyl (C=O) groups excluding carboxylic acids is 2. The summed E-state index contributed by atoms with van der Waals surface area (Å²) in [5.41, 5.74) is 7.51. The summed E-state index contributed by atoms with van der Waals surface area (Å²) in [6, 6.07) is 7.92. The summed E-state index contributed by atoms with van der Waals surface area (Å²) in [4.78, 5) is 25.4. The zero-order chi connectivity index (χ0) is 14.8. The number of piperidine rings is 1. The third kappa shape index (κ3) is 3.01. The van der Waals surface area contributed by atoms with E-state index in [9.17, 15) is 9.59 Å². The second kappa shape index (κ2) is 5.76. The van der Waals surface area contributed by atoms with Crippen molar-refractivity contribution in [3.63, 3.8) is 0 Å². The maximum atomic E-state index is 12.6. The van der Waals surface area contributed by atoms with E-state index in [-0.39, 0.29) is 17.9 Å². The van der Waals surface area contributed by atoms with Crippen molar-refractivity contribution in [1.29, 1.82) is 0 Å². The van der Waals surface area contributed by atoms with Gasteiger partial charge in [-0.1, -0.05) is 18.2 Å². The van der Waals surface area contributed by atoms with Crippen LogP contribution in [0.1, 0.15) is 24.8 Å². The van der Waals surface area contributed by atoms with Gasteiger partial charge in [0.15, 0.2) is 0 Å². The van der Waals surface area contributed by atoms with Gasteiger partial charge in [0.05, 0.1) is 0 Å². The van der Waals surface area contributed by atoms with Crippen molar-refractivity contribution in [3.05, 3.63) is 29.8 Å². The molecule has 5 nitrogen and oxygen atoms in total. The van der Waals surface area contributed by atoms with Crippen LogP contribution < -0.4 is 11.1 Å². The Morgan fingerprint density at radius 3 is 2.62 bits per heavy atom. The first-order valence-electron chi connectivity index (χ1n) is 7.55. The molecular formula is C16H21N3O2. The van der Waals surface area contributed by atoms with Gasteiger partial charge in [-0.25, -0.2) is 0 Å². The highest BCUT2D eigenvalue weighted by molar-refractivity contribution is 5.87. The minimum atomic E-state index is -0.243. The predicted octanol–water partition coefficient (Wildman–Crippen LogP) is 1.14. The molecule has 0 spiro atoms. The van der Waals surface area contributed by atoms with Crippen molar-refractivity contribution >= 4 is 17.5 Å². The molecule has 5 heteroatoms. The molecule has 21 heavy (non-hydrogen) atoms. The van der Waals surface area contributed by atoms with Gasteiger partial charge in [0.1, 0.15) is 6.04 Å². The Balaban J connectivity index is 1.55. The number of rotatable bonds is 3. The molecule has 2 heterocycles. The number of likely N-dealkylation sites (tertiary alicyclic amines) is 1. The molecule has 2 amide bonds. The number of para-hydroxylation sites is 1. The van der Waals surface area contributed by atoms with Gasteiger partial charge in [-0.15, -0.1) is 0 Å². The van der Waals surface area contributed by atoms with Crippen molar-refractivity contribution in [1.82, 2.24) is 4.90 Å². The fourth-order valence-corrected chi connectivity index (χ4v) is 3.31. The van der Waals surface area contributed by atoms with Crippen LogP contribution in [0.4, 0.5) is 5.69 Å². The third-order valence-electron chi connectivity index (χ3n) is 4.49. The molecule has 2 aliphatic heterocycles. The number of nitrogens with zero attached hydrogens (tertiary/aromatic N) is 1. The number of nitrogens with two attached hydrogens (primary N) is 1. The lowest BCUT2D eigenvalue weighted by Crippen LogP contribution is -2.46. The van der Waals surface area contributed by atoms with E-state index in [1.54, 1.807) is 0 Å². The van der Waals surface area contributed by atoms with Crippen LogP contribution in [-0.4, -0.2) is 35.8 Å². The van der Waals surface area contributed by atoms with Gasteiger partial charge in [0, 0.05) is 31.6 Å². The van der Waals surface area contributed by atoms with Gasteiger partial charge in [-0.05, 0) is 30.4 Å². The van der Waals surface area contributed by atoms with E-state index in [4.69, 9.17) is 5.73 Å². The Morgan fingerprint density at radius 2 is 1.95 bits per heavy atom. The summed E-state index contributed by atoms with van der Waals surface area (Å²) >= 11 is 0. The standard InChI is InChI=1S/C16H21N3O2/c17-15(20)9-11-5-7-19(8-6-11)16(21)14-10-12-3-1-2-4-13(12)18-14/h1-4,11,14,18H,5-10H2,(H2,17,20)/t14-/m0/s1. The van der Waals surface area contributed by atoms with Gasteiger partial charge in [-0.2, -0.15) is 0 Å². The molecule has 0 saturated carbocycles. The number of fused-ring (bicyclic) bond motifs is 1. The van der Waals surface area contributed by atoms with Crippen molar-refractivity contribution in [2.75, 3.05) is 18.4 Å². The van der Waals surface area contributed by atoms with Crippen molar-refractivity contribution in [2.24, 2.45) is 11.7 Å². The number of nitrogens with one attached hydrogen (secondary N) is 1. The number of amides is 2. The highest BCUT2D eigenvalue weighted by Gasteiger charge is 2.32. The van der Waals surface area contributed by atoms with E-state index in [0.717, 1.165) is 38.0 Å². The summed E-state index contributed by atoms with van der Waals surface area (Å²) in [6.45, 7) is 1.45. The molecule has 3 rings (SSSR count). The fourth-order valence-electron chi connectivity index (χ4n) is 3.31. The Hall–Kier alpha value is -2.04. The lowest BCUT2D eigenvalue weighted by atomic mass is 9.93. The molecule has 0 aliphatic carbocycles. The van der Waals surface area contributed by atoms with Gasteiger partial charge in [-0.3, -0.25) is 9.59 Å². The van der Waals surface area contributed by atoms with Crippen molar-refractivity contribution in [3.8, 4) is 0 Å². The van der Waals surface area contributed by atoms with E-state index in [2.05, 4.69) is 11.4 Å². The van der Waals surface area contributed by atoms with E-state index >= 15 is 0 Å². The summed E-state index contributed by atoms with van der Waals surface area (Å²) in [7, 11) is 0. The zero-order valence-electron chi connectivity index (χ0n) is 12.0. The van der Waals surface area contributed by atoms with Crippen molar-refractivity contribution < 1.29 is 9.59 Å². The lowest BCUT2D eigenvalue weighted by molar-refractivity contribution is -0.133. The summed E-state index contributed by atoms with van der Waals surface area (Å²) in [5.74, 6) is 0.261. The molecule has 1 aromatic rings. The zero-order valence-corrected chi connectivity index (χ0v) is 12.0. The number of benzene rings is 1. The number of primary amides is 1. The molecule has 1 atom stereocenters. The van der Waals surface area contributed by atoms with E-state index in [1.165, 1.54) is 5.56 Å². The molecular weight excluding hydrogens is 266 g/mol. The molecule has 1 aromatic carbocycles. The molecule has 3 N–H and O–H groups in total. The summed E-state index contributed by atoms with van der Waals surface area (Å²) in [6.07, 6.45) is 2.94. The van der Waals surface area contributed by atoms with E-state index in [1.807, 2.05) is 23.1 Å². The second-order valence-electron chi connectivity index (χ2n) is 6.00. The molecule has 0 unspecified atom stereocenters. The SMILES string of the molecule is NC(=O)CC1CCN(C(=O)[C@@H]2Cc3ccccc3N2)CC1. The maximum Gasteiger partial charge on any atom is 0.245 e. The maximum absolute atomic E-state index is 12.6. The third-order valence-corrected chi connectivity index (χ3v) is 4.49. The average Bonchev–Trinajstić information content (AvgIpc) is 2.90. The average molecular weight is 287 g/mol. The predicted molar refractivity (Wildman–Crippen MR) is 80.7 cm³/mol. The highest BCUT2D eigenvalue weighted by atomic mass is 16.2. The van der Waals surface area contributed by atoms with Crippen LogP contribution in [0.2, 0.25) is 0 Å². The number of hydrogen-bond acceptors (Lipinski definition) is 3. The first kappa shape index (κ1) is 13.9. The quantitative estimate of drug-likeness (QED) is 0.875. The fraction of sp³-hybridized carbons (Fsp3) is 0.500. The van der Waals surface area contributed by atoms with Crippen LogP contribution in [0.25, 0.3) is 0 Å². The van der Waals surface area contributed by atoms with Gasteiger partial charge in [0.2, 0.25) is 11.8 Å².